The molecule has 0 aliphatic carbocycles. The van der Waals surface area contributed by atoms with E-state index < -0.39 is 23.6 Å². The minimum atomic E-state index is -0.842. The molecule has 2 aromatic carbocycles. The fourth-order valence-electron chi connectivity index (χ4n) is 1.83. The molecule has 2 aromatic rings. The molecule has 1 atom stereocenters. The summed E-state index contributed by atoms with van der Waals surface area (Å²) in [7, 11) is 0. The number of amides is 1. The lowest BCUT2D eigenvalue weighted by Gasteiger charge is -2.17. The molecule has 3 nitrogen and oxygen atoms in total. The first kappa shape index (κ1) is 16.2. The minimum Gasteiger partial charge on any atom is -0.481 e. The van der Waals surface area contributed by atoms with Crippen molar-refractivity contribution in [2.75, 3.05) is 5.32 Å². The number of ether oxygens (including phenoxy) is 1. The molecule has 0 saturated carbocycles. The molecule has 0 fully saturated rings. The number of anilines is 1. The number of hydrogen-bond acceptors (Lipinski definition) is 2. The Morgan fingerprint density at radius 1 is 1.27 bits per heavy atom. The van der Waals surface area contributed by atoms with Gasteiger partial charge in [-0.05, 0) is 36.8 Å². The summed E-state index contributed by atoms with van der Waals surface area (Å²) in [5, 5.41) is 2.87. The molecule has 22 heavy (non-hydrogen) atoms. The molecule has 0 aliphatic rings. The lowest BCUT2D eigenvalue weighted by molar-refractivity contribution is -0.122. The zero-order valence-corrected chi connectivity index (χ0v) is 12.5. The zero-order valence-electron chi connectivity index (χ0n) is 11.8. The van der Waals surface area contributed by atoms with Gasteiger partial charge < -0.3 is 10.1 Å². The smallest absolute Gasteiger partial charge is 0.265 e. The Morgan fingerprint density at radius 2 is 2.05 bits per heavy atom. The van der Waals surface area contributed by atoms with E-state index in [2.05, 4.69) is 5.32 Å². The van der Waals surface area contributed by atoms with E-state index in [0.717, 1.165) is 12.1 Å². The Labute approximate surface area is 131 Å². The lowest BCUT2D eigenvalue weighted by atomic mass is 10.2. The summed E-state index contributed by atoms with van der Waals surface area (Å²) < 4.78 is 31.9. The van der Waals surface area contributed by atoms with Gasteiger partial charge in [0, 0.05) is 11.1 Å². The third-order valence-electron chi connectivity index (χ3n) is 2.93. The van der Waals surface area contributed by atoms with E-state index in [1.165, 1.54) is 0 Å². The van der Waals surface area contributed by atoms with Crippen LogP contribution in [0, 0.1) is 11.6 Å². The molecule has 2 rings (SSSR count). The molecule has 116 valence electrons. The van der Waals surface area contributed by atoms with Gasteiger partial charge >= 0.3 is 0 Å². The van der Waals surface area contributed by atoms with Crippen molar-refractivity contribution in [3.05, 3.63) is 59.1 Å². The van der Waals surface area contributed by atoms with Crippen LogP contribution < -0.4 is 10.1 Å². The molecule has 0 unspecified atom stereocenters. The average molecular weight is 326 g/mol. The minimum absolute atomic E-state index is 0.0976. The van der Waals surface area contributed by atoms with E-state index in [0.29, 0.717) is 23.3 Å². The van der Waals surface area contributed by atoms with Gasteiger partial charge in [-0.25, -0.2) is 8.78 Å². The first-order valence-corrected chi connectivity index (χ1v) is 7.05. The summed E-state index contributed by atoms with van der Waals surface area (Å²) in [5.74, 6) is -1.63. The van der Waals surface area contributed by atoms with Crippen molar-refractivity contribution < 1.29 is 18.3 Å². The quantitative estimate of drug-likeness (QED) is 0.884. The first-order valence-electron chi connectivity index (χ1n) is 6.67. The highest BCUT2D eigenvalue weighted by Crippen LogP contribution is 2.20. The topological polar surface area (TPSA) is 38.3 Å². The maximum atomic E-state index is 13.5. The molecule has 1 amide bonds. The van der Waals surface area contributed by atoms with Crippen LogP contribution in [0.5, 0.6) is 5.75 Å². The predicted octanol–water partition coefficient (Wildman–Crippen LogP) is 4.41. The van der Waals surface area contributed by atoms with Gasteiger partial charge in [0.2, 0.25) is 0 Å². The third kappa shape index (κ3) is 4.18. The second kappa shape index (κ2) is 7.22. The Kier molecular flexibility index (Phi) is 5.33. The highest BCUT2D eigenvalue weighted by Gasteiger charge is 2.20. The van der Waals surface area contributed by atoms with E-state index in [1.54, 1.807) is 31.2 Å². The van der Waals surface area contributed by atoms with Crippen molar-refractivity contribution in [1.29, 1.82) is 0 Å². The third-order valence-corrected chi connectivity index (χ3v) is 3.16. The largest absolute Gasteiger partial charge is 0.481 e. The number of carbonyl (C=O) groups excluding carboxylic acids is 1. The van der Waals surface area contributed by atoms with E-state index in [1.807, 2.05) is 0 Å². The molecule has 6 heteroatoms. The molecule has 0 heterocycles. The van der Waals surface area contributed by atoms with Crippen molar-refractivity contribution in [2.45, 2.75) is 19.4 Å². The molecular formula is C16H14ClF2NO2. The number of rotatable bonds is 5. The lowest BCUT2D eigenvalue weighted by Crippen LogP contribution is -2.32. The average Bonchev–Trinajstić information content (AvgIpc) is 2.47. The van der Waals surface area contributed by atoms with Gasteiger partial charge in [-0.3, -0.25) is 4.79 Å². The Balaban J connectivity index is 2.08. The second-order valence-electron chi connectivity index (χ2n) is 4.59. The summed E-state index contributed by atoms with van der Waals surface area (Å²) in [6, 6.07) is 9.56. The molecule has 0 bridgehead atoms. The van der Waals surface area contributed by atoms with Gasteiger partial charge in [-0.1, -0.05) is 24.6 Å². The van der Waals surface area contributed by atoms with E-state index in [9.17, 15) is 13.6 Å². The van der Waals surface area contributed by atoms with Crippen LogP contribution in [0.15, 0.2) is 42.5 Å². The van der Waals surface area contributed by atoms with Crippen LogP contribution in [-0.4, -0.2) is 12.0 Å². The van der Waals surface area contributed by atoms with E-state index in [-0.39, 0.29) is 5.69 Å². The second-order valence-corrected chi connectivity index (χ2v) is 5.02. The van der Waals surface area contributed by atoms with Crippen molar-refractivity contribution in [3.8, 4) is 5.75 Å². The normalized spacial score (nSPS) is 11.8. The molecular weight excluding hydrogens is 312 g/mol. The number of carbonyl (C=O) groups is 1. The van der Waals surface area contributed by atoms with Gasteiger partial charge in [0.1, 0.15) is 17.4 Å². The molecule has 0 aromatic heterocycles. The standard InChI is InChI=1S/C16H14ClF2NO2/c1-2-15(22-12-5-3-4-10(17)8-12)16(21)20-14-7-6-11(18)9-13(14)19/h3-9,15H,2H2,1H3,(H,20,21)/t15-/m1/s1. The summed E-state index contributed by atoms with van der Waals surface area (Å²) in [6.07, 6.45) is -0.441. The molecule has 0 radical (unpaired) electrons. The van der Waals surface area contributed by atoms with Crippen LogP contribution >= 0.6 is 11.6 Å². The van der Waals surface area contributed by atoms with Gasteiger partial charge in [0.25, 0.3) is 5.91 Å². The van der Waals surface area contributed by atoms with Crippen molar-refractivity contribution in [1.82, 2.24) is 0 Å². The number of benzene rings is 2. The molecule has 0 saturated heterocycles. The van der Waals surface area contributed by atoms with Crippen LogP contribution in [0.2, 0.25) is 5.02 Å². The van der Waals surface area contributed by atoms with Crippen molar-refractivity contribution in [3.63, 3.8) is 0 Å². The highest BCUT2D eigenvalue weighted by atomic mass is 35.5. The Bertz CT molecular complexity index is 679. The van der Waals surface area contributed by atoms with Crippen LogP contribution in [0.1, 0.15) is 13.3 Å². The highest BCUT2D eigenvalue weighted by molar-refractivity contribution is 6.30. The SMILES string of the molecule is CC[C@@H](Oc1cccc(Cl)c1)C(=O)Nc1ccc(F)cc1F. The monoisotopic (exact) mass is 325 g/mol. The van der Waals surface area contributed by atoms with Gasteiger partial charge in [-0.15, -0.1) is 0 Å². The fraction of sp³-hybridized carbons (Fsp3) is 0.188. The maximum absolute atomic E-state index is 13.5. The number of nitrogens with one attached hydrogen (secondary N) is 1. The summed E-state index contributed by atoms with van der Waals surface area (Å²) >= 11 is 5.85. The van der Waals surface area contributed by atoms with Crippen molar-refractivity contribution in [2.24, 2.45) is 0 Å². The van der Waals surface area contributed by atoms with Gasteiger partial charge in [0.15, 0.2) is 6.10 Å². The fourth-order valence-corrected chi connectivity index (χ4v) is 2.01. The summed E-state index contributed by atoms with van der Waals surface area (Å²) in [5.41, 5.74) is -0.0976. The van der Waals surface area contributed by atoms with Crippen LogP contribution in [0.25, 0.3) is 0 Å². The Hall–Kier alpha value is -2.14. The molecule has 0 aliphatic heterocycles. The zero-order chi connectivity index (χ0) is 16.1. The van der Waals surface area contributed by atoms with Crippen LogP contribution in [-0.2, 0) is 4.79 Å². The molecule has 1 N–H and O–H groups in total. The van der Waals surface area contributed by atoms with Gasteiger partial charge in [-0.2, -0.15) is 0 Å². The van der Waals surface area contributed by atoms with E-state index in [4.69, 9.17) is 16.3 Å². The first-order chi connectivity index (χ1) is 10.5. The number of halogens is 3. The predicted molar refractivity (Wildman–Crippen MR) is 81.1 cm³/mol. The number of hydrogen-bond donors (Lipinski definition) is 1. The summed E-state index contributed by atoms with van der Waals surface area (Å²) in [4.78, 5) is 12.1. The van der Waals surface area contributed by atoms with Gasteiger partial charge in [0.05, 0.1) is 5.69 Å². The Morgan fingerprint density at radius 3 is 2.68 bits per heavy atom. The molecule has 0 spiro atoms. The maximum Gasteiger partial charge on any atom is 0.265 e. The van der Waals surface area contributed by atoms with Crippen LogP contribution in [0.3, 0.4) is 0 Å². The van der Waals surface area contributed by atoms with E-state index >= 15 is 0 Å². The van der Waals surface area contributed by atoms with Crippen molar-refractivity contribution >= 4 is 23.2 Å². The van der Waals surface area contributed by atoms with Crippen LogP contribution in [0.4, 0.5) is 14.5 Å². The summed E-state index contributed by atoms with van der Waals surface area (Å²) in [6.45, 7) is 1.76.